The van der Waals surface area contributed by atoms with E-state index in [1.165, 1.54) is 24.3 Å². The standard InChI is InChI=1S/C26H18F2N4O3S/c27-21-13-12-20(15-22(21)28)36(34,35)32-19-5-3-4-17(14-19)26(33)29-18-10-8-16(9-11-18)25-30-23-6-1-2-7-24(23)31-25/h1-15,32H,(H,29,33)(H,30,31). The van der Waals surface area contributed by atoms with Crippen molar-refractivity contribution in [3.05, 3.63) is 108 Å². The first-order chi connectivity index (χ1) is 17.3. The monoisotopic (exact) mass is 504 g/mol. The Morgan fingerprint density at radius 2 is 1.58 bits per heavy atom. The summed E-state index contributed by atoms with van der Waals surface area (Å²) in [6.45, 7) is 0. The summed E-state index contributed by atoms with van der Waals surface area (Å²) < 4.78 is 54.0. The van der Waals surface area contributed by atoms with Crippen molar-refractivity contribution in [2.24, 2.45) is 0 Å². The Morgan fingerprint density at radius 1 is 0.806 bits per heavy atom. The molecule has 0 spiro atoms. The molecule has 0 atom stereocenters. The number of hydrogen-bond donors (Lipinski definition) is 3. The summed E-state index contributed by atoms with van der Waals surface area (Å²) in [5, 5.41) is 2.76. The topological polar surface area (TPSA) is 104 Å². The minimum atomic E-state index is -4.19. The number of sulfonamides is 1. The first kappa shape index (κ1) is 23.2. The lowest BCUT2D eigenvalue weighted by atomic mass is 10.1. The van der Waals surface area contributed by atoms with Gasteiger partial charge in [-0.05, 0) is 72.8 Å². The Kier molecular flexibility index (Phi) is 5.95. The Hall–Kier alpha value is -4.57. The third-order valence-corrected chi connectivity index (χ3v) is 6.76. The second kappa shape index (κ2) is 9.23. The molecule has 0 saturated heterocycles. The third kappa shape index (κ3) is 4.80. The lowest BCUT2D eigenvalue weighted by molar-refractivity contribution is 0.102. The molecule has 0 radical (unpaired) electrons. The number of amides is 1. The first-order valence-corrected chi connectivity index (χ1v) is 12.2. The molecule has 10 heteroatoms. The number of fused-ring (bicyclic) bond motifs is 1. The van der Waals surface area contributed by atoms with E-state index in [0.717, 1.165) is 28.7 Å². The number of para-hydroxylation sites is 2. The smallest absolute Gasteiger partial charge is 0.261 e. The zero-order valence-corrected chi connectivity index (χ0v) is 19.3. The van der Waals surface area contributed by atoms with E-state index in [4.69, 9.17) is 0 Å². The maximum absolute atomic E-state index is 13.5. The van der Waals surface area contributed by atoms with E-state index in [-0.39, 0.29) is 11.3 Å². The first-order valence-electron chi connectivity index (χ1n) is 10.7. The van der Waals surface area contributed by atoms with Gasteiger partial charge in [0.15, 0.2) is 11.6 Å². The largest absolute Gasteiger partial charge is 0.338 e. The number of nitrogens with zero attached hydrogens (tertiary/aromatic N) is 1. The van der Waals surface area contributed by atoms with Crippen molar-refractivity contribution < 1.29 is 22.0 Å². The summed E-state index contributed by atoms with van der Waals surface area (Å²) in [5.74, 6) is -2.19. The number of nitrogens with one attached hydrogen (secondary N) is 3. The minimum Gasteiger partial charge on any atom is -0.338 e. The highest BCUT2D eigenvalue weighted by atomic mass is 32.2. The highest BCUT2D eigenvalue weighted by molar-refractivity contribution is 7.92. The van der Waals surface area contributed by atoms with E-state index in [9.17, 15) is 22.0 Å². The number of aromatic nitrogens is 2. The van der Waals surface area contributed by atoms with Crippen molar-refractivity contribution in [2.75, 3.05) is 10.0 Å². The van der Waals surface area contributed by atoms with Crippen LogP contribution in [0.4, 0.5) is 20.2 Å². The Balaban J connectivity index is 1.30. The number of hydrogen-bond acceptors (Lipinski definition) is 4. The molecule has 1 aromatic heterocycles. The molecule has 5 rings (SSSR count). The van der Waals surface area contributed by atoms with Gasteiger partial charge in [0.25, 0.3) is 15.9 Å². The van der Waals surface area contributed by atoms with E-state index in [1.54, 1.807) is 12.1 Å². The van der Waals surface area contributed by atoms with E-state index in [2.05, 4.69) is 20.0 Å². The number of rotatable bonds is 6. The van der Waals surface area contributed by atoms with Gasteiger partial charge in [0, 0.05) is 22.5 Å². The molecular weight excluding hydrogens is 486 g/mol. The number of benzene rings is 4. The zero-order chi connectivity index (χ0) is 25.3. The summed E-state index contributed by atoms with van der Waals surface area (Å²) in [6.07, 6.45) is 0. The number of halogens is 2. The Morgan fingerprint density at radius 3 is 2.33 bits per heavy atom. The van der Waals surface area contributed by atoms with Gasteiger partial charge in [-0.1, -0.05) is 18.2 Å². The van der Waals surface area contributed by atoms with E-state index in [1.807, 2.05) is 36.4 Å². The van der Waals surface area contributed by atoms with Crippen molar-refractivity contribution in [1.82, 2.24) is 9.97 Å². The van der Waals surface area contributed by atoms with Crippen molar-refractivity contribution in [3.8, 4) is 11.4 Å². The van der Waals surface area contributed by atoms with Crippen LogP contribution >= 0.6 is 0 Å². The fraction of sp³-hybridized carbons (Fsp3) is 0. The van der Waals surface area contributed by atoms with Gasteiger partial charge in [0.1, 0.15) is 5.82 Å². The minimum absolute atomic E-state index is 0.0904. The van der Waals surface area contributed by atoms with Crippen LogP contribution in [-0.4, -0.2) is 24.3 Å². The van der Waals surface area contributed by atoms with Crippen LogP contribution in [0.1, 0.15) is 10.4 Å². The van der Waals surface area contributed by atoms with E-state index >= 15 is 0 Å². The molecule has 0 aliphatic rings. The average molecular weight is 505 g/mol. The molecule has 5 aromatic rings. The van der Waals surface area contributed by atoms with Gasteiger partial charge in [-0.2, -0.15) is 0 Å². The van der Waals surface area contributed by atoms with Gasteiger partial charge in [-0.3, -0.25) is 9.52 Å². The molecule has 180 valence electrons. The third-order valence-electron chi connectivity index (χ3n) is 5.38. The van der Waals surface area contributed by atoms with Crippen molar-refractivity contribution in [1.29, 1.82) is 0 Å². The molecule has 3 N–H and O–H groups in total. The van der Waals surface area contributed by atoms with Crippen LogP contribution in [0.5, 0.6) is 0 Å². The summed E-state index contributed by atoms with van der Waals surface area (Å²) in [6, 6.07) is 22.9. The predicted octanol–water partition coefficient (Wildman–Crippen LogP) is 5.56. The summed E-state index contributed by atoms with van der Waals surface area (Å²) in [5.41, 5.74) is 3.44. The summed E-state index contributed by atoms with van der Waals surface area (Å²) >= 11 is 0. The number of aromatic amines is 1. The highest BCUT2D eigenvalue weighted by Crippen LogP contribution is 2.23. The molecule has 36 heavy (non-hydrogen) atoms. The van der Waals surface area contributed by atoms with Crippen LogP contribution in [0.15, 0.2) is 95.9 Å². The second-order valence-corrected chi connectivity index (χ2v) is 9.58. The number of H-pyrrole nitrogens is 1. The predicted molar refractivity (Wildman–Crippen MR) is 133 cm³/mol. The summed E-state index contributed by atoms with van der Waals surface area (Å²) in [7, 11) is -4.19. The molecule has 0 saturated carbocycles. The molecule has 0 bridgehead atoms. The van der Waals surface area contributed by atoms with Crippen molar-refractivity contribution in [3.63, 3.8) is 0 Å². The molecule has 0 unspecified atom stereocenters. The van der Waals surface area contributed by atoms with Gasteiger partial charge >= 0.3 is 0 Å². The molecular formula is C26H18F2N4O3S. The fourth-order valence-electron chi connectivity index (χ4n) is 3.59. The number of imidazole rings is 1. The van der Waals surface area contributed by atoms with E-state index in [0.29, 0.717) is 17.6 Å². The molecule has 0 aliphatic carbocycles. The lowest BCUT2D eigenvalue weighted by Crippen LogP contribution is -2.15. The number of carbonyl (C=O) groups is 1. The summed E-state index contributed by atoms with van der Waals surface area (Å²) in [4.78, 5) is 20.1. The van der Waals surface area contributed by atoms with Gasteiger partial charge < -0.3 is 10.3 Å². The maximum atomic E-state index is 13.5. The fourth-order valence-corrected chi connectivity index (χ4v) is 4.65. The van der Waals surface area contributed by atoms with E-state index < -0.39 is 32.5 Å². The molecule has 1 heterocycles. The Labute approximate surface area is 204 Å². The van der Waals surface area contributed by atoms with Gasteiger partial charge in [0.05, 0.1) is 15.9 Å². The molecule has 7 nitrogen and oxygen atoms in total. The second-order valence-electron chi connectivity index (χ2n) is 7.90. The normalized spacial score (nSPS) is 11.4. The quantitative estimate of drug-likeness (QED) is 0.282. The molecule has 4 aromatic carbocycles. The van der Waals surface area contributed by atoms with Crippen molar-refractivity contribution >= 4 is 38.3 Å². The van der Waals surface area contributed by atoms with Crippen molar-refractivity contribution in [2.45, 2.75) is 4.90 Å². The SMILES string of the molecule is O=C(Nc1ccc(-c2nc3ccccc3[nH]2)cc1)c1cccc(NS(=O)(=O)c2ccc(F)c(F)c2)c1. The molecule has 0 fully saturated rings. The highest BCUT2D eigenvalue weighted by Gasteiger charge is 2.17. The van der Waals surface area contributed by atoms with Crippen LogP contribution in [0.2, 0.25) is 0 Å². The van der Waals surface area contributed by atoms with Gasteiger partial charge in [-0.15, -0.1) is 0 Å². The Bertz CT molecular complexity index is 1670. The maximum Gasteiger partial charge on any atom is 0.261 e. The lowest BCUT2D eigenvalue weighted by Gasteiger charge is -2.10. The van der Waals surface area contributed by atoms with Crippen LogP contribution in [0.25, 0.3) is 22.4 Å². The number of carbonyl (C=O) groups excluding carboxylic acids is 1. The molecule has 0 aliphatic heterocycles. The van der Waals surface area contributed by atoms with Crippen LogP contribution in [-0.2, 0) is 10.0 Å². The van der Waals surface area contributed by atoms with Gasteiger partial charge in [-0.25, -0.2) is 22.2 Å². The van der Waals surface area contributed by atoms with Crippen LogP contribution in [0.3, 0.4) is 0 Å². The molecule has 1 amide bonds. The van der Waals surface area contributed by atoms with Crippen LogP contribution in [0, 0.1) is 11.6 Å². The van der Waals surface area contributed by atoms with Crippen LogP contribution < -0.4 is 10.0 Å². The average Bonchev–Trinajstić information content (AvgIpc) is 3.30. The zero-order valence-electron chi connectivity index (χ0n) is 18.5. The number of anilines is 2. The van der Waals surface area contributed by atoms with Gasteiger partial charge in [0.2, 0.25) is 0 Å².